The maximum atomic E-state index is 12.1. The zero-order valence-corrected chi connectivity index (χ0v) is 14.8. The van der Waals surface area contributed by atoms with Gasteiger partial charge in [-0.05, 0) is 35.5 Å². The van der Waals surface area contributed by atoms with Crippen molar-refractivity contribution in [2.75, 3.05) is 33.4 Å². The van der Waals surface area contributed by atoms with Gasteiger partial charge in [-0.25, -0.2) is 0 Å². The van der Waals surface area contributed by atoms with Crippen molar-refractivity contribution in [1.82, 2.24) is 0 Å². The molecule has 2 aliphatic heterocycles. The Kier molecular flexibility index (Phi) is 5.05. The van der Waals surface area contributed by atoms with Crippen LogP contribution in [0.2, 0.25) is 0 Å². The minimum Gasteiger partial charge on any atom is -0.869 e. The number of rotatable bonds is 2. The van der Waals surface area contributed by atoms with Gasteiger partial charge < -0.3 is 14.6 Å². The molecule has 1 fully saturated rings. The van der Waals surface area contributed by atoms with E-state index in [2.05, 4.69) is 20.9 Å². The number of halogens is 1. The standard InChI is InChI=1S/C15H15BrN2O4S/c1-21-11-7-9(6-10(16)13(11)19)8-12-14(20)17-15(23-12)18-2-4-22-5-3-18/h6-8,19H,2-5H2,1H3. The monoisotopic (exact) mass is 398 g/mol. The van der Waals surface area contributed by atoms with Crippen molar-refractivity contribution in [2.45, 2.75) is 0 Å². The second-order valence-corrected chi connectivity index (χ2v) is 6.97. The molecule has 8 heteroatoms. The Morgan fingerprint density at radius 2 is 2.17 bits per heavy atom. The van der Waals surface area contributed by atoms with Gasteiger partial charge in [0.15, 0.2) is 0 Å². The summed E-state index contributed by atoms with van der Waals surface area (Å²) in [4.78, 5) is 18.0. The van der Waals surface area contributed by atoms with E-state index in [1.165, 1.54) is 23.8 Å². The van der Waals surface area contributed by atoms with Crippen LogP contribution in [-0.2, 0) is 9.53 Å². The van der Waals surface area contributed by atoms with Gasteiger partial charge in [0, 0.05) is 4.47 Å². The highest BCUT2D eigenvalue weighted by molar-refractivity contribution is 9.10. The molecular weight excluding hydrogens is 384 g/mol. The van der Waals surface area contributed by atoms with E-state index in [9.17, 15) is 9.90 Å². The Morgan fingerprint density at radius 3 is 2.87 bits per heavy atom. The number of amidine groups is 1. The molecule has 0 unspecified atom stereocenters. The number of benzene rings is 1. The van der Waals surface area contributed by atoms with E-state index in [0.29, 0.717) is 22.6 Å². The minimum absolute atomic E-state index is 0.213. The topological polar surface area (TPSA) is 75.4 Å². The number of nitrogens with one attached hydrogen (secondary N) is 1. The zero-order chi connectivity index (χ0) is 16.4. The highest BCUT2D eigenvalue weighted by Crippen LogP contribution is 2.35. The number of thioether (sulfide) groups is 1. The van der Waals surface area contributed by atoms with E-state index in [-0.39, 0.29) is 17.4 Å². The zero-order valence-electron chi connectivity index (χ0n) is 12.4. The fourth-order valence-electron chi connectivity index (χ4n) is 2.37. The molecule has 3 rings (SSSR count). The molecule has 0 radical (unpaired) electrons. The number of hydrogen-bond acceptors (Lipinski definition) is 5. The fraction of sp³-hybridized carbons (Fsp3) is 0.333. The van der Waals surface area contributed by atoms with Crippen LogP contribution >= 0.6 is 27.7 Å². The summed E-state index contributed by atoms with van der Waals surface area (Å²) in [5, 5.41) is 12.6. The molecule has 2 heterocycles. The van der Waals surface area contributed by atoms with Crippen molar-refractivity contribution in [1.29, 1.82) is 0 Å². The van der Waals surface area contributed by atoms with Crippen LogP contribution in [0.3, 0.4) is 0 Å². The maximum absolute atomic E-state index is 12.1. The lowest BCUT2D eigenvalue weighted by atomic mass is 10.2. The van der Waals surface area contributed by atoms with Gasteiger partial charge in [-0.1, -0.05) is 21.7 Å². The Morgan fingerprint density at radius 1 is 1.43 bits per heavy atom. The number of hydrogen-bond donors (Lipinski definition) is 1. The Labute approximate surface area is 146 Å². The molecule has 1 amide bonds. The largest absolute Gasteiger partial charge is 0.869 e. The van der Waals surface area contributed by atoms with E-state index in [4.69, 9.17) is 9.47 Å². The van der Waals surface area contributed by atoms with Crippen LogP contribution in [-0.4, -0.2) is 44.5 Å². The second kappa shape index (κ2) is 7.04. The SMILES string of the molecule is COc1cc(C=C2SC([NH+]3CCOCC3)=NC2=O)cc(Br)c1[O-]. The first kappa shape index (κ1) is 16.5. The molecule has 1 N–H and O–H groups in total. The molecule has 1 aromatic rings. The van der Waals surface area contributed by atoms with Crippen LogP contribution in [0.25, 0.3) is 6.08 Å². The molecule has 23 heavy (non-hydrogen) atoms. The smallest absolute Gasteiger partial charge is 0.289 e. The van der Waals surface area contributed by atoms with Crippen LogP contribution in [0.15, 0.2) is 26.5 Å². The summed E-state index contributed by atoms with van der Waals surface area (Å²) in [6, 6.07) is 3.29. The fourth-order valence-corrected chi connectivity index (χ4v) is 3.84. The average molecular weight is 399 g/mol. The van der Waals surface area contributed by atoms with Crippen LogP contribution in [0.4, 0.5) is 0 Å². The van der Waals surface area contributed by atoms with Crippen LogP contribution in [0, 0.1) is 0 Å². The molecule has 2 aliphatic rings. The third-order valence-electron chi connectivity index (χ3n) is 3.57. The number of ether oxygens (including phenoxy) is 2. The molecule has 122 valence electrons. The molecule has 1 aromatic carbocycles. The van der Waals surface area contributed by atoms with Gasteiger partial charge in [0.2, 0.25) is 0 Å². The molecule has 0 aromatic heterocycles. The van der Waals surface area contributed by atoms with Crippen LogP contribution in [0.1, 0.15) is 5.56 Å². The van der Waals surface area contributed by atoms with Gasteiger partial charge in [-0.3, -0.25) is 9.69 Å². The van der Waals surface area contributed by atoms with Crippen molar-refractivity contribution in [3.8, 4) is 11.5 Å². The number of carbonyl (C=O) groups excluding carboxylic acids is 1. The van der Waals surface area contributed by atoms with Crippen molar-refractivity contribution in [3.63, 3.8) is 0 Å². The molecule has 6 nitrogen and oxygen atoms in total. The molecular formula is C15H15BrN2O4S. The Hall–Kier alpha value is -1.35. The minimum atomic E-state index is -0.245. The average Bonchev–Trinajstić information content (AvgIpc) is 2.92. The van der Waals surface area contributed by atoms with Gasteiger partial charge in [0.1, 0.15) is 18.8 Å². The first-order valence-electron chi connectivity index (χ1n) is 7.08. The lowest BCUT2D eigenvalue weighted by molar-refractivity contribution is -0.812. The number of quaternary nitrogens is 1. The van der Waals surface area contributed by atoms with Gasteiger partial charge in [-0.2, -0.15) is 0 Å². The van der Waals surface area contributed by atoms with Crippen molar-refractivity contribution in [2.24, 2.45) is 4.99 Å². The number of nitrogens with zero attached hydrogens (tertiary/aromatic N) is 1. The summed E-state index contributed by atoms with van der Waals surface area (Å²) >= 11 is 4.59. The predicted molar refractivity (Wildman–Crippen MR) is 89.7 cm³/mol. The maximum Gasteiger partial charge on any atom is 0.289 e. The molecule has 0 bridgehead atoms. The number of amides is 1. The molecule has 0 aliphatic carbocycles. The quantitative estimate of drug-likeness (QED) is 0.730. The second-order valence-electron chi connectivity index (χ2n) is 5.08. The summed E-state index contributed by atoms with van der Waals surface area (Å²) in [6.45, 7) is 2.99. The van der Waals surface area contributed by atoms with Crippen LogP contribution < -0.4 is 14.7 Å². The van der Waals surface area contributed by atoms with E-state index in [0.717, 1.165) is 23.8 Å². The first-order valence-corrected chi connectivity index (χ1v) is 8.69. The van der Waals surface area contributed by atoms with Crippen molar-refractivity contribution in [3.05, 3.63) is 27.1 Å². The number of methoxy groups -OCH3 is 1. The lowest BCUT2D eigenvalue weighted by Crippen LogP contribution is -3.15. The molecule has 0 saturated carbocycles. The highest BCUT2D eigenvalue weighted by atomic mass is 79.9. The number of aliphatic imine (C=N–C) groups is 1. The van der Waals surface area contributed by atoms with Gasteiger partial charge in [0.25, 0.3) is 11.1 Å². The number of morpholine rings is 1. The summed E-state index contributed by atoms with van der Waals surface area (Å²) < 4.78 is 10.8. The van der Waals surface area contributed by atoms with E-state index in [1.54, 1.807) is 18.2 Å². The molecule has 0 spiro atoms. The Balaban J connectivity index is 1.81. The summed E-state index contributed by atoms with van der Waals surface area (Å²) in [5.41, 5.74) is 0.720. The first-order chi connectivity index (χ1) is 11.1. The van der Waals surface area contributed by atoms with E-state index in [1.807, 2.05) is 0 Å². The van der Waals surface area contributed by atoms with Crippen LogP contribution in [0.5, 0.6) is 11.5 Å². The van der Waals surface area contributed by atoms with E-state index < -0.39 is 0 Å². The van der Waals surface area contributed by atoms with Gasteiger partial charge in [-0.15, -0.1) is 4.99 Å². The third-order valence-corrected chi connectivity index (χ3v) is 5.24. The molecule has 0 atom stereocenters. The Bertz CT molecular complexity index is 699. The highest BCUT2D eigenvalue weighted by Gasteiger charge is 2.31. The van der Waals surface area contributed by atoms with E-state index >= 15 is 0 Å². The summed E-state index contributed by atoms with van der Waals surface area (Å²) in [6.07, 6.45) is 1.73. The summed E-state index contributed by atoms with van der Waals surface area (Å²) in [7, 11) is 1.44. The normalized spacial score (nSPS) is 20.9. The van der Waals surface area contributed by atoms with Gasteiger partial charge >= 0.3 is 0 Å². The number of carbonyl (C=O) groups is 1. The molecule has 1 saturated heterocycles. The summed E-state index contributed by atoms with van der Waals surface area (Å²) in [5.74, 6) is -0.221. The predicted octanol–water partition coefficient (Wildman–Crippen LogP) is 0.417. The third kappa shape index (κ3) is 3.60. The lowest BCUT2D eigenvalue weighted by Gasteiger charge is -2.21. The van der Waals surface area contributed by atoms with Crippen molar-refractivity contribution < 1.29 is 24.3 Å². The van der Waals surface area contributed by atoms with Gasteiger partial charge in [0.05, 0.1) is 25.2 Å². The van der Waals surface area contributed by atoms with Crippen molar-refractivity contribution >= 4 is 44.8 Å².